The van der Waals surface area contributed by atoms with Gasteiger partial charge in [-0.1, -0.05) is 53.6 Å². The van der Waals surface area contributed by atoms with Crippen molar-refractivity contribution in [2.45, 2.75) is 20.0 Å². The molecule has 1 heterocycles. The van der Waals surface area contributed by atoms with Crippen LogP contribution in [0, 0.1) is 6.92 Å². The molecule has 0 radical (unpaired) electrons. The Kier molecular flexibility index (Phi) is 4.51. The zero-order valence-corrected chi connectivity index (χ0v) is 13.0. The second-order valence-electron chi connectivity index (χ2n) is 5.07. The molecule has 0 aliphatic rings. The minimum Gasteiger partial charge on any atom is -0.419 e. The number of halogens is 1. The second-order valence-corrected chi connectivity index (χ2v) is 5.48. The zero-order chi connectivity index (χ0) is 15.4. The molecule has 5 heteroatoms. The maximum Gasteiger partial charge on any atom is 0.249 e. The van der Waals surface area contributed by atoms with E-state index in [9.17, 15) is 0 Å². The van der Waals surface area contributed by atoms with Crippen LogP contribution >= 0.6 is 11.6 Å². The third kappa shape index (κ3) is 3.53. The molecule has 0 bridgehead atoms. The van der Waals surface area contributed by atoms with E-state index in [1.54, 1.807) is 6.07 Å². The molecular formula is C17H16ClN3O. The van der Waals surface area contributed by atoms with Gasteiger partial charge in [-0.05, 0) is 24.6 Å². The summed E-state index contributed by atoms with van der Waals surface area (Å²) >= 11 is 6.12. The monoisotopic (exact) mass is 313 g/mol. The topological polar surface area (TPSA) is 51.0 Å². The van der Waals surface area contributed by atoms with Crippen molar-refractivity contribution in [1.82, 2.24) is 15.5 Å². The summed E-state index contributed by atoms with van der Waals surface area (Å²) in [4.78, 5) is 0. The van der Waals surface area contributed by atoms with Gasteiger partial charge in [-0.15, -0.1) is 10.2 Å². The summed E-state index contributed by atoms with van der Waals surface area (Å²) in [7, 11) is 0. The molecule has 0 saturated carbocycles. The highest BCUT2D eigenvalue weighted by Gasteiger charge is 2.10. The average Bonchev–Trinajstić information content (AvgIpc) is 2.98. The number of rotatable bonds is 5. The van der Waals surface area contributed by atoms with Gasteiger partial charge in [0.05, 0.1) is 17.1 Å². The van der Waals surface area contributed by atoms with E-state index in [4.69, 9.17) is 16.0 Å². The van der Waals surface area contributed by atoms with E-state index in [2.05, 4.69) is 46.7 Å². The molecule has 1 aromatic heterocycles. The highest BCUT2D eigenvalue weighted by Crippen LogP contribution is 2.26. The molecule has 0 spiro atoms. The predicted molar refractivity (Wildman–Crippen MR) is 86.5 cm³/mol. The lowest BCUT2D eigenvalue weighted by molar-refractivity contribution is 0.477. The minimum absolute atomic E-state index is 0.442. The quantitative estimate of drug-likeness (QED) is 0.774. The smallest absolute Gasteiger partial charge is 0.249 e. The third-order valence-corrected chi connectivity index (χ3v) is 3.63. The molecular weight excluding hydrogens is 298 g/mol. The number of aromatic nitrogens is 2. The Labute approximate surface area is 134 Å². The Bertz CT molecular complexity index is 753. The van der Waals surface area contributed by atoms with Gasteiger partial charge < -0.3 is 9.73 Å². The van der Waals surface area contributed by atoms with Crippen LogP contribution in [0.3, 0.4) is 0 Å². The SMILES string of the molecule is Cc1ccc(CNCc2nnc(-c3ccccc3Cl)o2)cc1. The number of nitrogens with one attached hydrogen (secondary N) is 1. The van der Waals surface area contributed by atoms with E-state index in [1.807, 2.05) is 18.2 Å². The first-order valence-corrected chi connectivity index (χ1v) is 7.44. The zero-order valence-electron chi connectivity index (χ0n) is 12.2. The molecule has 2 aromatic carbocycles. The molecule has 0 amide bonds. The summed E-state index contributed by atoms with van der Waals surface area (Å²) in [6.07, 6.45) is 0. The van der Waals surface area contributed by atoms with Gasteiger partial charge in [-0.3, -0.25) is 0 Å². The van der Waals surface area contributed by atoms with Crippen LogP contribution in [-0.4, -0.2) is 10.2 Å². The Morgan fingerprint density at radius 1 is 1.00 bits per heavy atom. The fraction of sp³-hybridized carbons (Fsp3) is 0.176. The van der Waals surface area contributed by atoms with Crippen molar-refractivity contribution < 1.29 is 4.42 Å². The van der Waals surface area contributed by atoms with Crippen LogP contribution in [-0.2, 0) is 13.1 Å². The van der Waals surface area contributed by atoms with E-state index in [1.165, 1.54) is 11.1 Å². The first kappa shape index (κ1) is 14.8. The van der Waals surface area contributed by atoms with E-state index >= 15 is 0 Å². The largest absolute Gasteiger partial charge is 0.419 e. The van der Waals surface area contributed by atoms with Crippen molar-refractivity contribution in [2.75, 3.05) is 0 Å². The van der Waals surface area contributed by atoms with Crippen LogP contribution < -0.4 is 5.32 Å². The van der Waals surface area contributed by atoms with Gasteiger partial charge >= 0.3 is 0 Å². The molecule has 3 aromatic rings. The Balaban J connectivity index is 1.60. The van der Waals surface area contributed by atoms with Gasteiger partial charge in [0.1, 0.15) is 0 Å². The minimum atomic E-state index is 0.442. The highest BCUT2D eigenvalue weighted by molar-refractivity contribution is 6.33. The van der Waals surface area contributed by atoms with Crippen molar-refractivity contribution in [2.24, 2.45) is 0 Å². The van der Waals surface area contributed by atoms with Gasteiger partial charge in [0.25, 0.3) is 0 Å². The number of nitrogens with zero attached hydrogens (tertiary/aromatic N) is 2. The Morgan fingerprint density at radius 3 is 2.55 bits per heavy atom. The van der Waals surface area contributed by atoms with Crippen molar-refractivity contribution in [3.8, 4) is 11.5 Å². The lowest BCUT2D eigenvalue weighted by Gasteiger charge is -2.02. The molecule has 1 N–H and O–H groups in total. The fourth-order valence-corrected chi connectivity index (χ4v) is 2.30. The molecule has 3 rings (SSSR count). The van der Waals surface area contributed by atoms with Crippen LogP contribution in [0.15, 0.2) is 52.9 Å². The van der Waals surface area contributed by atoms with Gasteiger partial charge in [0.15, 0.2) is 0 Å². The average molecular weight is 314 g/mol. The van der Waals surface area contributed by atoms with E-state index in [-0.39, 0.29) is 0 Å². The normalized spacial score (nSPS) is 10.8. The van der Waals surface area contributed by atoms with Gasteiger partial charge in [-0.2, -0.15) is 0 Å². The number of hydrogen-bond acceptors (Lipinski definition) is 4. The molecule has 0 aliphatic heterocycles. The summed E-state index contributed by atoms with van der Waals surface area (Å²) in [5.41, 5.74) is 3.22. The van der Waals surface area contributed by atoms with Crippen molar-refractivity contribution in [1.29, 1.82) is 0 Å². The van der Waals surface area contributed by atoms with Crippen LogP contribution in [0.25, 0.3) is 11.5 Å². The van der Waals surface area contributed by atoms with Crippen molar-refractivity contribution >= 4 is 11.6 Å². The van der Waals surface area contributed by atoms with E-state index < -0.39 is 0 Å². The Hall–Kier alpha value is -2.17. The van der Waals surface area contributed by atoms with Crippen LogP contribution in [0.4, 0.5) is 0 Å². The summed E-state index contributed by atoms with van der Waals surface area (Å²) < 4.78 is 5.64. The molecule has 4 nitrogen and oxygen atoms in total. The van der Waals surface area contributed by atoms with Crippen LogP contribution in [0.5, 0.6) is 0 Å². The molecule has 0 saturated heterocycles. The first-order valence-electron chi connectivity index (χ1n) is 7.06. The summed E-state index contributed by atoms with van der Waals surface area (Å²) in [5, 5.41) is 12.0. The van der Waals surface area contributed by atoms with Gasteiger partial charge in [-0.25, -0.2) is 0 Å². The van der Waals surface area contributed by atoms with Crippen molar-refractivity contribution in [3.05, 3.63) is 70.6 Å². The number of hydrogen-bond donors (Lipinski definition) is 1. The molecule has 0 aliphatic carbocycles. The molecule has 0 unspecified atom stereocenters. The van der Waals surface area contributed by atoms with Gasteiger partial charge in [0, 0.05) is 6.54 Å². The predicted octanol–water partition coefficient (Wildman–Crippen LogP) is 3.99. The summed E-state index contributed by atoms with van der Waals surface area (Å²) in [5.74, 6) is 0.986. The molecule has 22 heavy (non-hydrogen) atoms. The summed E-state index contributed by atoms with van der Waals surface area (Å²) in [6.45, 7) is 3.35. The van der Waals surface area contributed by atoms with E-state index in [0.29, 0.717) is 23.3 Å². The number of aryl methyl sites for hydroxylation is 1. The second kappa shape index (κ2) is 6.73. The Morgan fingerprint density at radius 2 is 1.77 bits per heavy atom. The van der Waals surface area contributed by atoms with Gasteiger partial charge in [0.2, 0.25) is 11.8 Å². The first-order chi connectivity index (χ1) is 10.7. The fourth-order valence-electron chi connectivity index (χ4n) is 2.09. The van der Waals surface area contributed by atoms with Crippen molar-refractivity contribution in [3.63, 3.8) is 0 Å². The lowest BCUT2D eigenvalue weighted by atomic mass is 10.1. The third-order valence-electron chi connectivity index (χ3n) is 3.30. The maximum absolute atomic E-state index is 6.12. The van der Waals surface area contributed by atoms with Crippen LogP contribution in [0.1, 0.15) is 17.0 Å². The lowest BCUT2D eigenvalue weighted by Crippen LogP contribution is -2.12. The maximum atomic E-state index is 6.12. The molecule has 0 atom stereocenters. The van der Waals surface area contributed by atoms with Crippen LogP contribution in [0.2, 0.25) is 5.02 Å². The standard InChI is InChI=1S/C17H16ClN3O/c1-12-6-8-13(9-7-12)10-19-11-16-20-21-17(22-16)14-4-2-3-5-15(14)18/h2-9,19H,10-11H2,1H3. The number of benzene rings is 2. The molecule has 112 valence electrons. The molecule has 0 fully saturated rings. The summed E-state index contributed by atoms with van der Waals surface area (Å²) in [6, 6.07) is 15.8. The highest BCUT2D eigenvalue weighted by atomic mass is 35.5. The van der Waals surface area contributed by atoms with E-state index in [0.717, 1.165) is 12.1 Å².